The Morgan fingerprint density at radius 3 is 2.29 bits per heavy atom. The molecule has 21 heavy (non-hydrogen) atoms. The molecule has 112 valence electrons. The van der Waals surface area contributed by atoms with Crippen molar-refractivity contribution in [2.45, 2.75) is 19.4 Å². The number of methoxy groups -OCH3 is 1. The van der Waals surface area contributed by atoms with Crippen LogP contribution in [0.25, 0.3) is 0 Å². The first-order valence-corrected chi connectivity index (χ1v) is 7.75. The van der Waals surface area contributed by atoms with Crippen molar-refractivity contribution >= 4 is 15.9 Å². The van der Waals surface area contributed by atoms with E-state index in [9.17, 15) is 0 Å². The van der Waals surface area contributed by atoms with Gasteiger partial charge in [-0.05, 0) is 65.3 Å². The number of halogens is 1. The van der Waals surface area contributed by atoms with Gasteiger partial charge >= 0.3 is 0 Å². The molecule has 0 radical (unpaired) electrons. The van der Waals surface area contributed by atoms with Gasteiger partial charge in [-0.2, -0.15) is 0 Å². The van der Waals surface area contributed by atoms with Gasteiger partial charge in [-0.15, -0.1) is 0 Å². The molecule has 0 spiro atoms. The molecule has 4 heteroatoms. The van der Waals surface area contributed by atoms with Crippen LogP contribution in [0.1, 0.15) is 24.9 Å². The summed E-state index contributed by atoms with van der Waals surface area (Å²) in [6.45, 7) is 2.17. The van der Waals surface area contributed by atoms with E-state index in [1.807, 2.05) is 37.4 Å². The van der Waals surface area contributed by atoms with E-state index in [0.29, 0.717) is 6.04 Å². The molecular formula is C17H20BrNO2. The molecule has 1 unspecified atom stereocenters. The summed E-state index contributed by atoms with van der Waals surface area (Å²) in [6.07, 6.45) is 1.06. The van der Waals surface area contributed by atoms with Crippen molar-refractivity contribution in [3.05, 3.63) is 52.5 Å². The van der Waals surface area contributed by atoms with Crippen molar-refractivity contribution in [2.75, 3.05) is 14.2 Å². The second-order valence-electron chi connectivity index (χ2n) is 4.72. The quantitative estimate of drug-likeness (QED) is 0.802. The van der Waals surface area contributed by atoms with Gasteiger partial charge in [-0.1, -0.05) is 19.1 Å². The fraction of sp³-hybridized carbons (Fsp3) is 0.294. The van der Waals surface area contributed by atoms with Crippen LogP contribution in [-0.4, -0.2) is 14.2 Å². The predicted molar refractivity (Wildman–Crippen MR) is 89.3 cm³/mol. The normalized spacial score (nSPS) is 12.0. The Balaban J connectivity index is 2.13. The highest BCUT2D eigenvalue weighted by molar-refractivity contribution is 9.10. The molecule has 2 aromatic carbocycles. The highest BCUT2D eigenvalue weighted by Gasteiger charge is 2.08. The number of benzene rings is 2. The summed E-state index contributed by atoms with van der Waals surface area (Å²) in [5.74, 6) is 2.38. The maximum atomic E-state index is 5.89. The molecule has 3 nitrogen and oxygen atoms in total. The van der Waals surface area contributed by atoms with Gasteiger partial charge in [0.1, 0.15) is 17.2 Å². The third-order valence-corrected chi connectivity index (χ3v) is 4.03. The zero-order valence-corrected chi connectivity index (χ0v) is 14.1. The fourth-order valence-electron chi connectivity index (χ4n) is 2.19. The first-order valence-electron chi connectivity index (χ1n) is 6.96. The molecule has 0 saturated heterocycles. The summed E-state index contributed by atoms with van der Waals surface area (Å²) in [4.78, 5) is 0. The number of rotatable bonds is 6. The van der Waals surface area contributed by atoms with Crippen LogP contribution in [0.4, 0.5) is 0 Å². The molecule has 0 heterocycles. The van der Waals surface area contributed by atoms with Crippen LogP contribution >= 0.6 is 15.9 Å². The minimum Gasteiger partial charge on any atom is -0.497 e. The third kappa shape index (κ3) is 3.99. The Morgan fingerprint density at radius 1 is 1.10 bits per heavy atom. The Bertz CT molecular complexity index is 580. The second kappa shape index (κ2) is 7.48. The van der Waals surface area contributed by atoms with Crippen LogP contribution in [0.2, 0.25) is 0 Å². The molecule has 0 aliphatic heterocycles. The molecule has 1 atom stereocenters. The van der Waals surface area contributed by atoms with Crippen molar-refractivity contribution in [3.8, 4) is 17.2 Å². The monoisotopic (exact) mass is 349 g/mol. The van der Waals surface area contributed by atoms with Crippen LogP contribution in [0.15, 0.2) is 46.9 Å². The lowest BCUT2D eigenvalue weighted by molar-refractivity contribution is 0.412. The Labute approximate surface area is 134 Å². The van der Waals surface area contributed by atoms with E-state index in [1.165, 1.54) is 5.56 Å². The first-order chi connectivity index (χ1) is 10.2. The highest BCUT2D eigenvalue weighted by atomic mass is 79.9. The van der Waals surface area contributed by atoms with Crippen molar-refractivity contribution in [1.29, 1.82) is 0 Å². The van der Waals surface area contributed by atoms with Gasteiger partial charge in [-0.3, -0.25) is 0 Å². The number of nitrogens with one attached hydrogen (secondary N) is 1. The SMILES string of the molecule is CCC(NC)c1ccc(Oc2ccc(OC)cc2Br)cc1. The Hall–Kier alpha value is -1.52. The van der Waals surface area contributed by atoms with Crippen LogP contribution < -0.4 is 14.8 Å². The molecule has 0 aliphatic carbocycles. The lowest BCUT2D eigenvalue weighted by Crippen LogP contribution is -2.14. The zero-order chi connectivity index (χ0) is 15.2. The number of hydrogen-bond acceptors (Lipinski definition) is 3. The van der Waals surface area contributed by atoms with Gasteiger partial charge in [0.05, 0.1) is 11.6 Å². The zero-order valence-electron chi connectivity index (χ0n) is 12.5. The van der Waals surface area contributed by atoms with E-state index >= 15 is 0 Å². The van der Waals surface area contributed by atoms with Gasteiger partial charge in [0.25, 0.3) is 0 Å². The summed E-state index contributed by atoms with van der Waals surface area (Å²) >= 11 is 3.49. The molecule has 0 aliphatic rings. The van der Waals surface area contributed by atoms with E-state index in [-0.39, 0.29) is 0 Å². The van der Waals surface area contributed by atoms with E-state index in [2.05, 4.69) is 40.3 Å². The van der Waals surface area contributed by atoms with Crippen molar-refractivity contribution < 1.29 is 9.47 Å². The third-order valence-electron chi connectivity index (χ3n) is 3.41. The van der Waals surface area contributed by atoms with E-state index in [4.69, 9.17) is 9.47 Å². The van der Waals surface area contributed by atoms with Crippen molar-refractivity contribution in [3.63, 3.8) is 0 Å². The van der Waals surface area contributed by atoms with Crippen LogP contribution in [0.3, 0.4) is 0 Å². The lowest BCUT2D eigenvalue weighted by atomic mass is 10.0. The van der Waals surface area contributed by atoms with E-state index in [0.717, 1.165) is 28.1 Å². The standard InChI is InChI=1S/C17H20BrNO2/c1-4-16(19-2)12-5-7-13(8-6-12)21-17-10-9-14(20-3)11-15(17)18/h5-11,16,19H,4H2,1-3H3. The van der Waals surface area contributed by atoms with Gasteiger partial charge in [-0.25, -0.2) is 0 Å². The maximum Gasteiger partial charge on any atom is 0.141 e. The molecule has 0 fully saturated rings. The molecule has 1 N–H and O–H groups in total. The molecule has 2 aromatic rings. The topological polar surface area (TPSA) is 30.5 Å². The summed E-state index contributed by atoms with van der Waals surface area (Å²) in [5.41, 5.74) is 1.26. The summed E-state index contributed by atoms with van der Waals surface area (Å²) in [7, 11) is 3.62. The largest absolute Gasteiger partial charge is 0.497 e. The molecular weight excluding hydrogens is 330 g/mol. The number of ether oxygens (including phenoxy) is 2. The van der Waals surface area contributed by atoms with Gasteiger partial charge in [0, 0.05) is 6.04 Å². The Morgan fingerprint density at radius 2 is 1.76 bits per heavy atom. The fourth-order valence-corrected chi connectivity index (χ4v) is 2.63. The Kier molecular flexibility index (Phi) is 5.65. The van der Waals surface area contributed by atoms with Gasteiger partial charge in [0.15, 0.2) is 0 Å². The van der Waals surface area contributed by atoms with E-state index < -0.39 is 0 Å². The minimum absolute atomic E-state index is 0.381. The van der Waals surface area contributed by atoms with Crippen molar-refractivity contribution in [1.82, 2.24) is 5.32 Å². The van der Waals surface area contributed by atoms with Crippen molar-refractivity contribution in [2.24, 2.45) is 0 Å². The maximum absolute atomic E-state index is 5.89. The highest BCUT2D eigenvalue weighted by Crippen LogP contribution is 2.33. The lowest BCUT2D eigenvalue weighted by Gasteiger charge is -2.15. The minimum atomic E-state index is 0.381. The van der Waals surface area contributed by atoms with E-state index in [1.54, 1.807) is 7.11 Å². The van der Waals surface area contributed by atoms with Crippen LogP contribution in [0, 0.1) is 0 Å². The van der Waals surface area contributed by atoms with Gasteiger partial charge in [0.2, 0.25) is 0 Å². The molecule has 0 aromatic heterocycles. The molecule has 2 rings (SSSR count). The number of hydrogen-bond donors (Lipinski definition) is 1. The molecule has 0 bridgehead atoms. The molecule has 0 saturated carbocycles. The van der Waals surface area contributed by atoms with Crippen LogP contribution in [-0.2, 0) is 0 Å². The summed E-state index contributed by atoms with van der Waals surface area (Å²) < 4.78 is 11.9. The predicted octanol–water partition coefficient (Wildman–Crippen LogP) is 4.92. The molecule has 0 amide bonds. The van der Waals surface area contributed by atoms with Gasteiger partial charge < -0.3 is 14.8 Å². The smallest absolute Gasteiger partial charge is 0.141 e. The average Bonchev–Trinajstić information content (AvgIpc) is 2.52. The summed E-state index contributed by atoms with van der Waals surface area (Å²) in [5, 5.41) is 3.30. The average molecular weight is 350 g/mol. The summed E-state index contributed by atoms with van der Waals surface area (Å²) in [6, 6.07) is 14.2. The first kappa shape index (κ1) is 15.9. The second-order valence-corrected chi connectivity index (χ2v) is 5.57. The van der Waals surface area contributed by atoms with Crippen LogP contribution in [0.5, 0.6) is 17.2 Å².